The maximum absolute atomic E-state index is 10.7. The summed E-state index contributed by atoms with van der Waals surface area (Å²) in [6.07, 6.45) is 0. The topological polar surface area (TPSA) is 67.2 Å². The zero-order valence-corrected chi connectivity index (χ0v) is 8.34. The second-order valence-electron chi connectivity index (χ2n) is 2.99. The van der Waals surface area contributed by atoms with Crippen molar-refractivity contribution in [3.63, 3.8) is 0 Å². The van der Waals surface area contributed by atoms with Crippen molar-refractivity contribution in [2.75, 3.05) is 5.73 Å². The average molecular weight is 209 g/mol. The summed E-state index contributed by atoms with van der Waals surface area (Å²) >= 11 is 1.39. The van der Waals surface area contributed by atoms with Crippen molar-refractivity contribution >= 4 is 32.7 Å². The summed E-state index contributed by atoms with van der Waals surface area (Å²) in [6.45, 7) is 0. The normalized spacial score (nSPS) is 10.6. The quantitative estimate of drug-likeness (QED) is 0.689. The Bertz CT molecular complexity index is 519. The maximum Gasteiger partial charge on any atom is 0.335 e. The Kier molecular flexibility index (Phi) is 1.89. The molecule has 0 unspecified atom stereocenters. The van der Waals surface area contributed by atoms with Crippen LogP contribution >= 0.6 is 11.3 Å². The smallest absolute Gasteiger partial charge is 0.335 e. The molecule has 1 aromatic heterocycles. The van der Waals surface area contributed by atoms with E-state index >= 15 is 0 Å². The van der Waals surface area contributed by atoms with E-state index < -0.39 is 5.97 Å². The number of carboxylic acids is 1. The molecule has 1 heterocycles. The zero-order valence-electron chi connectivity index (χ0n) is 7.52. The van der Waals surface area contributed by atoms with Gasteiger partial charge in [-0.15, -0.1) is 0 Å². The number of aromatic carboxylic acids is 1. The number of fused-ring (bicyclic) bond motifs is 1. The van der Waals surface area contributed by atoms with Crippen LogP contribution in [-0.2, 0) is 7.05 Å². The molecule has 0 radical (unpaired) electrons. The Balaban J connectivity index is 2.73. The van der Waals surface area contributed by atoms with Crippen molar-refractivity contribution in [2.24, 2.45) is 7.05 Å². The van der Waals surface area contributed by atoms with E-state index in [-0.39, 0.29) is 0 Å². The SMILES string of the molecule is C[n+]1c(N)sc2cc(C(=O)O)ccc21. The van der Waals surface area contributed by atoms with Crippen LogP contribution in [0.25, 0.3) is 10.2 Å². The molecular weight excluding hydrogens is 200 g/mol. The summed E-state index contributed by atoms with van der Waals surface area (Å²) in [6, 6.07) is 4.99. The number of carbonyl (C=O) groups is 1. The van der Waals surface area contributed by atoms with Crippen molar-refractivity contribution in [1.82, 2.24) is 0 Å². The molecule has 2 aromatic rings. The molecule has 5 heteroatoms. The van der Waals surface area contributed by atoms with E-state index in [0.29, 0.717) is 10.7 Å². The molecule has 0 atom stereocenters. The van der Waals surface area contributed by atoms with E-state index in [9.17, 15) is 4.79 Å². The molecule has 0 amide bonds. The number of carboxylic acid groups (broad SMARTS) is 1. The molecule has 0 bridgehead atoms. The lowest BCUT2D eigenvalue weighted by molar-refractivity contribution is -0.626. The fraction of sp³-hybridized carbons (Fsp3) is 0.111. The first-order valence-electron chi connectivity index (χ1n) is 4.01. The molecule has 0 aliphatic carbocycles. The molecule has 72 valence electrons. The largest absolute Gasteiger partial charge is 0.478 e. The lowest BCUT2D eigenvalue weighted by atomic mass is 10.2. The summed E-state index contributed by atoms with van der Waals surface area (Å²) in [5, 5.41) is 9.46. The number of thiazole rings is 1. The van der Waals surface area contributed by atoms with Gasteiger partial charge in [0.05, 0.1) is 17.3 Å². The van der Waals surface area contributed by atoms with E-state index in [1.165, 1.54) is 11.3 Å². The Hall–Kier alpha value is -1.62. The van der Waals surface area contributed by atoms with E-state index in [0.717, 1.165) is 10.2 Å². The van der Waals surface area contributed by atoms with Gasteiger partial charge in [-0.25, -0.2) is 9.36 Å². The molecule has 14 heavy (non-hydrogen) atoms. The summed E-state index contributed by atoms with van der Waals surface area (Å²) in [4.78, 5) is 10.7. The van der Waals surface area contributed by atoms with Gasteiger partial charge in [0.1, 0.15) is 5.52 Å². The van der Waals surface area contributed by atoms with Crippen molar-refractivity contribution in [1.29, 1.82) is 0 Å². The summed E-state index contributed by atoms with van der Waals surface area (Å²) < 4.78 is 2.73. The van der Waals surface area contributed by atoms with Crippen molar-refractivity contribution in [2.45, 2.75) is 0 Å². The number of aromatic nitrogens is 1. The van der Waals surface area contributed by atoms with Crippen molar-refractivity contribution < 1.29 is 14.5 Å². The Morgan fingerprint density at radius 1 is 1.57 bits per heavy atom. The van der Waals surface area contributed by atoms with Gasteiger partial charge in [-0.1, -0.05) is 0 Å². The highest BCUT2D eigenvalue weighted by Gasteiger charge is 2.12. The van der Waals surface area contributed by atoms with Crippen LogP contribution in [0.4, 0.5) is 5.13 Å². The predicted molar refractivity (Wildman–Crippen MR) is 54.4 cm³/mol. The third-order valence-electron chi connectivity index (χ3n) is 2.11. The average Bonchev–Trinajstić information content (AvgIpc) is 2.42. The molecule has 0 fully saturated rings. The Morgan fingerprint density at radius 2 is 2.29 bits per heavy atom. The number of hydrogen-bond acceptors (Lipinski definition) is 3. The number of nitrogens with two attached hydrogens (primary N) is 1. The number of hydrogen-bond donors (Lipinski definition) is 2. The van der Waals surface area contributed by atoms with Crippen LogP contribution < -0.4 is 10.3 Å². The van der Waals surface area contributed by atoms with Crippen molar-refractivity contribution in [3.05, 3.63) is 23.8 Å². The number of nitrogen functional groups attached to an aromatic ring is 1. The molecule has 2 rings (SSSR count). The Morgan fingerprint density at radius 3 is 2.93 bits per heavy atom. The molecule has 0 aliphatic rings. The van der Waals surface area contributed by atoms with Gasteiger partial charge < -0.3 is 5.11 Å². The highest BCUT2D eigenvalue weighted by Crippen LogP contribution is 2.22. The van der Waals surface area contributed by atoms with Crippen LogP contribution in [0.5, 0.6) is 0 Å². The van der Waals surface area contributed by atoms with Crippen LogP contribution in [0, 0.1) is 0 Å². The van der Waals surface area contributed by atoms with Crippen LogP contribution in [0.2, 0.25) is 0 Å². The molecule has 3 N–H and O–H groups in total. The summed E-state index contributed by atoms with van der Waals surface area (Å²) in [5.74, 6) is -0.915. The molecule has 0 saturated carbocycles. The van der Waals surface area contributed by atoms with E-state index in [2.05, 4.69) is 0 Å². The van der Waals surface area contributed by atoms with Gasteiger partial charge in [-0.2, -0.15) is 0 Å². The summed E-state index contributed by atoms with van der Waals surface area (Å²) in [7, 11) is 1.86. The first-order valence-corrected chi connectivity index (χ1v) is 4.82. The van der Waals surface area contributed by atoms with Gasteiger partial charge >= 0.3 is 11.1 Å². The number of nitrogens with zero attached hydrogens (tertiary/aromatic N) is 1. The van der Waals surface area contributed by atoms with Crippen LogP contribution in [0.3, 0.4) is 0 Å². The van der Waals surface area contributed by atoms with Gasteiger partial charge in [0.15, 0.2) is 0 Å². The van der Waals surface area contributed by atoms with Gasteiger partial charge in [0.2, 0.25) is 0 Å². The minimum absolute atomic E-state index is 0.291. The predicted octanol–water partition coefficient (Wildman–Crippen LogP) is 1.01. The van der Waals surface area contributed by atoms with Crippen LogP contribution in [0.15, 0.2) is 18.2 Å². The highest BCUT2D eigenvalue weighted by atomic mass is 32.1. The lowest BCUT2D eigenvalue weighted by Crippen LogP contribution is -2.29. The molecule has 4 nitrogen and oxygen atoms in total. The molecular formula is C9H9N2O2S+. The minimum atomic E-state index is -0.915. The first-order chi connectivity index (χ1) is 6.59. The monoisotopic (exact) mass is 209 g/mol. The highest BCUT2D eigenvalue weighted by molar-refractivity contribution is 7.21. The molecule has 0 spiro atoms. The second-order valence-corrected chi connectivity index (χ2v) is 4.05. The van der Waals surface area contributed by atoms with E-state index in [1.807, 2.05) is 11.6 Å². The fourth-order valence-corrected chi connectivity index (χ4v) is 2.26. The zero-order chi connectivity index (χ0) is 10.3. The van der Waals surface area contributed by atoms with Gasteiger partial charge in [0, 0.05) is 0 Å². The van der Waals surface area contributed by atoms with Crippen LogP contribution in [0.1, 0.15) is 10.4 Å². The van der Waals surface area contributed by atoms with E-state index in [4.69, 9.17) is 10.8 Å². The third-order valence-corrected chi connectivity index (χ3v) is 3.14. The standard InChI is InChI=1S/C9H8N2O2S/c1-11-6-3-2-5(8(12)13)4-7(6)14-9(11)10/h2-4,10H,1H3,(H,12,13)/p+1. The van der Waals surface area contributed by atoms with Gasteiger partial charge in [-0.05, 0) is 29.5 Å². The maximum atomic E-state index is 10.7. The Labute approximate surface area is 84.2 Å². The van der Waals surface area contributed by atoms with Crippen molar-refractivity contribution in [3.8, 4) is 0 Å². The number of rotatable bonds is 1. The lowest BCUT2D eigenvalue weighted by Gasteiger charge is -1.92. The number of anilines is 1. The third kappa shape index (κ3) is 1.22. The molecule has 0 aliphatic heterocycles. The van der Waals surface area contributed by atoms with Gasteiger partial charge in [-0.3, -0.25) is 5.73 Å². The fourth-order valence-electron chi connectivity index (χ4n) is 1.31. The number of benzene rings is 1. The van der Waals surface area contributed by atoms with Gasteiger partial charge in [0.25, 0.3) is 0 Å². The summed E-state index contributed by atoms with van der Waals surface area (Å²) in [5.41, 5.74) is 6.96. The molecule has 0 saturated heterocycles. The van der Waals surface area contributed by atoms with Crippen LogP contribution in [-0.4, -0.2) is 11.1 Å². The first kappa shape index (κ1) is 8.96. The number of aryl methyl sites for hydroxylation is 1. The van der Waals surface area contributed by atoms with E-state index in [1.54, 1.807) is 18.2 Å². The second kappa shape index (κ2) is 2.95. The molecule has 1 aromatic carbocycles. The minimum Gasteiger partial charge on any atom is -0.478 e.